The average molecular weight is 596 g/mol. The van der Waals surface area contributed by atoms with Crippen molar-refractivity contribution >= 4 is 27.7 Å². The minimum Gasteiger partial charge on any atom is -0.306 e. The first kappa shape index (κ1) is 28.0. The highest BCUT2D eigenvalue weighted by molar-refractivity contribution is 9.10. The van der Waals surface area contributed by atoms with Crippen molar-refractivity contribution in [1.29, 1.82) is 5.26 Å². The Morgan fingerprint density at radius 1 is 1.08 bits per heavy atom. The van der Waals surface area contributed by atoms with Crippen LogP contribution >= 0.6 is 15.9 Å². The van der Waals surface area contributed by atoms with Crippen molar-refractivity contribution in [3.05, 3.63) is 51.9 Å². The van der Waals surface area contributed by atoms with Gasteiger partial charge in [-0.3, -0.25) is 25.0 Å². The Kier molecular flexibility index (Phi) is 9.45. The molecule has 0 spiro atoms. The van der Waals surface area contributed by atoms with E-state index >= 15 is 0 Å². The van der Waals surface area contributed by atoms with Gasteiger partial charge in [-0.25, -0.2) is 4.98 Å². The van der Waals surface area contributed by atoms with Crippen LogP contribution in [0.5, 0.6) is 0 Å². The zero-order valence-electron chi connectivity index (χ0n) is 22.9. The largest absolute Gasteiger partial charge is 0.306 e. The van der Waals surface area contributed by atoms with E-state index in [0.717, 1.165) is 51.6 Å². The summed E-state index contributed by atoms with van der Waals surface area (Å²) < 4.78 is 0.645. The lowest BCUT2D eigenvalue weighted by atomic mass is 10.0. The molecule has 1 aromatic heterocycles. The number of piperazine rings is 1. The number of benzene rings is 1. The minimum absolute atomic E-state index is 0.0791. The molecular weight excluding hydrogens is 556 g/mol. The Balaban J connectivity index is 1.17. The van der Waals surface area contributed by atoms with Crippen LogP contribution in [-0.2, 0) is 6.54 Å². The van der Waals surface area contributed by atoms with Crippen LogP contribution in [0.25, 0.3) is 0 Å². The molecule has 1 aromatic carbocycles. The van der Waals surface area contributed by atoms with E-state index in [2.05, 4.69) is 65.2 Å². The summed E-state index contributed by atoms with van der Waals surface area (Å²) in [5.41, 5.74) is 4.88. The first-order valence-electron chi connectivity index (χ1n) is 14.2. The Hall–Kier alpha value is -2.58. The molecule has 1 N–H and O–H groups in total. The number of nitrogens with zero attached hydrogens (tertiary/aromatic N) is 7. The second kappa shape index (κ2) is 13.2. The lowest BCUT2D eigenvalue weighted by molar-refractivity contribution is 0.0618. The van der Waals surface area contributed by atoms with Gasteiger partial charge >= 0.3 is 0 Å². The number of hydrogen-bond acceptors (Lipinski definition) is 8. The van der Waals surface area contributed by atoms with Crippen LogP contribution in [0, 0.1) is 17.2 Å². The predicted molar refractivity (Wildman–Crippen MR) is 155 cm³/mol. The van der Waals surface area contributed by atoms with Crippen LogP contribution < -0.4 is 10.4 Å². The molecule has 3 heterocycles. The molecule has 2 aliphatic heterocycles. The molecule has 0 unspecified atom stereocenters. The number of hydrogen-bond donors (Lipinski definition) is 1. The summed E-state index contributed by atoms with van der Waals surface area (Å²) >= 11 is 3.50. The van der Waals surface area contributed by atoms with Gasteiger partial charge < -0.3 is 4.90 Å². The molecule has 0 atom stereocenters. The van der Waals surface area contributed by atoms with Crippen LogP contribution in [0.2, 0.25) is 0 Å². The molecule has 1 saturated carbocycles. The molecular formula is C29H39BrN8O. The zero-order chi connectivity index (χ0) is 27.2. The predicted octanol–water partition coefficient (Wildman–Crippen LogP) is 3.66. The fourth-order valence-electron chi connectivity index (χ4n) is 6.09. The molecule has 39 heavy (non-hydrogen) atoms. The van der Waals surface area contributed by atoms with Crippen LogP contribution in [0.4, 0.5) is 5.82 Å². The number of carbonyl (C=O) groups excluding carboxylic acids is 1. The fraction of sp³-hybridized carbons (Fsp3) is 0.586. The number of halogens is 1. The van der Waals surface area contributed by atoms with E-state index in [0.29, 0.717) is 28.3 Å². The molecule has 3 aliphatic rings. The molecule has 5 rings (SSSR count). The van der Waals surface area contributed by atoms with Crippen molar-refractivity contribution < 1.29 is 4.79 Å². The van der Waals surface area contributed by atoms with E-state index in [4.69, 9.17) is 0 Å². The van der Waals surface area contributed by atoms with Crippen LogP contribution in [0.1, 0.15) is 60.3 Å². The Labute approximate surface area is 240 Å². The highest BCUT2D eigenvalue weighted by Crippen LogP contribution is 2.29. The Morgan fingerprint density at radius 3 is 2.44 bits per heavy atom. The summed E-state index contributed by atoms with van der Waals surface area (Å²) in [6.45, 7) is 8.42. The highest BCUT2D eigenvalue weighted by atomic mass is 79.9. The first-order chi connectivity index (χ1) is 19.0. The van der Waals surface area contributed by atoms with Crippen molar-refractivity contribution in [2.75, 3.05) is 57.9 Å². The van der Waals surface area contributed by atoms with Crippen LogP contribution in [0.3, 0.4) is 0 Å². The smallest absolute Gasteiger partial charge is 0.269 e. The molecule has 2 aromatic rings. The monoisotopic (exact) mass is 594 g/mol. The van der Waals surface area contributed by atoms with Crippen molar-refractivity contribution in [1.82, 2.24) is 30.1 Å². The van der Waals surface area contributed by atoms with E-state index < -0.39 is 0 Å². The highest BCUT2D eigenvalue weighted by Gasteiger charge is 2.27. The number of amides is 1. The number of anilines is 1. The normalized spacial score (nSPS) is 20.1. The van der Waals surface area contributed by atoms with E-state index in [1.165, 1.54) is 44.3 Å². The Bertz CT molecular complexity index is 1150. The number of nitrogens with one attached hydrogen (secondary N) is 1. The van der Waals surface area contributed by atoms with Gasteiger partial charge in [-0.15, -0.1) is 0 Å². The number of likely N-dealkylation sites (tertiary alicyclic amines) is 1. The fourth-order valence-corrected chi connectivity index (χ4v) is 6.50. The van der Waals surface area contributed by atoms with Gasteiger partial charge in [0.15, 0.2) is 5.82 Å². The van der Waals surface area contributed by atoms with E-state index in [-0.39, 0.29) is 11.7 Å². The van der Waals surface area contributed by atoms with Crippen molar-refractivity contribution in [2.24, 2.45) is 5.92 Å². The van der Waals surface area contributed by atoms with Crippen LogP contribution in [0.15, 0.2) is 34.9 Å². The van der Waals surface area contributed by atoms with Gasteiger partial charge in [0, 0.05) is 57.1 Å². The topological polar surface area (TPSA) is 91.6 Å². The minimum atomic E-state index is -0.185. The van der Waals surface area contributed by atoms with Gasteiger partial charge in [0.05, 0.1) is 4.47 Å². The number of rotatable bonds is 8. The van der Waals surface area contributed by atoms with E-state index in [1.807, 2.05) is 18.2 Å². The van der Waals surface area contributed by atoms with E-state index in [9.17, 15) is 10.1 Å². The standard InChI is InChI=1S/C29H39BrN8O/c1-35-12-10-25(11-13-35)37-16-14-36(15-17-37)20-23-6-8-24(9-7-23)29(39)34-38(21-22-4-2-3-5-22)28-26(30)19-32-27(18-31)33-28/h6-9,19,22,25H,2-5,10-17,20-21H2,1H3,(H,34,39). The molecule has 9 nitrogen and oxygen atoms in total. The maximum absolute atomic E-state index is 13.3. The maximum Gasteiger partial charge on any atom is 0.269 e. The maximum atomic E-state index is 13.3. The first-order valence-corrected chi connectivity index (χ1v) is 15.0. The SMILES string of the molecule is CN1CCC(N2CCN(Cc3ccc(C(=O)NN(CC4CCCC4)c4nc(C#N)ncc4Br)cc3)CC2)CC1. The average Bonchev–Trinajstić information content (AvgIpc) is 3.47. The number of aromatic nitrogens is 2. The molecule has 1 aliphatic carbocycles. The molecule has 0 radical (unpaired) electrons. The number of carbonyl (C=O) groups is 1. The van der Waals surface area contributed by atoms with Gasteiger partial charge in [-0.1, -0.05) is 25.0 Å². The number of nitriles is 1. The van der Waals surface area contributed by atoms with Crippen molar-refractivity contribution in [3.63, 3.8) is 0 Å². The number of piperidine rings is 1. The van der Waals surface area contributed by atoms with Gasteiger partial charge in [0.2, 0.25) is 5.82 Å². The number of hydrazine groups is 1. The van der Waals surface area contributed by atoms with Crippen molar-refractivity contribution in [3.8, 4) is 6.07 Å². The second-order valence-corrected chi connectivity index (χ2v) is 12.1. The summed E-state index contributed by atoms with van der Waals surface area (Å²) in [4.78, 5) is 29.3. The third-order valence-electron chi connectivity index (χ3n) is 8.47. The molecule has 2 saturated heterocycles. The summed E-state index contributed by atoms with van der Waals surface area (Å²) in [7, 11) is 2.22. The third kappa shape index (κ3) is 7.34. The van der Waals surface area contributed by atoms with Gasteiger partial charge in [-0.2, -0.15) is 10.2 Å². The van der Waals surface area contributed by atoms with Gasteiger partial charge in [0.1, 0.15) is 6.07 Å². The zero-order valence-corrected chi connectivity index (χ0v) is 24.4. The van der Waals surface area contributed by atoms with Gasteiger partial charge in [0.25, 0.3) is 5.91 Å². The molecule has 10 heteroatoms. The van der Waals surface area contributed by atoms with E-state index in [1.54, 1.807) is 11.2 Å². The lowest BCUT2D eigenvalue weighted by Gasteiger charge is -2.42. The van der Waals surface area contributed by atoms with Gasteiger partial charge in [-0.05, 0) is 85.4 Å². The quantitative estimate of drug-likeness (QED) is 0.463. The van der Waals surface area contributed by atoms with Crippen LogP contribution in [-0.4, -0.2) is 89.5 Å². The Morgan fingerprint density at radius 2 is 1.77 bits per heavy atom. The molecule has 0 bridgehead atoms. The summed E-state index contributed by atoms with van der Waals surface area (Å²) in [6.07, 6.45) is 8.79. The third-order valence-corrected chi connectivity index (χ3v) is 9.03. The lowest BCUT2D eigenvalue weighted by Crippen LogP contribution is -2.52. The molecule has 3 fully saturated rings. The molecule has 1 amide bonds. The second-order valence-electron chi connectivity index (χ2n) is 11.2. The summed E-state index contributed by atoms with van der Waals surface area (Å²) in [6, 6.07) is 10.7. The molecule has 208 valence electrons. The summed E-state index contributed by atoms with van der Waals surface area (Å²) in [5, 5.41) is 11.1. The summed E-state index contributed by atoms with van der Waals surface area (Å²) in [5.74, 6) is 0.878. The van der Waals surface area contributed by atoms with Crippen molar-refractivity contribution in [2.45, 2.75) is 51.1 Å².